The Morgan fingerprint density at radius 1 is 1.10 bits per heavy atom. The van der Waals surface area contributed by atoms with Gasteiger partial charge in [0.2, 0.25) is 0 Å². The molecular weight excluding hydrogens is 401 g/mol. The Morgan fingerprint density at radius 3 is 2.71 bits per heavy atom. The van der Waals surface area contributed by atoms with Crippen LogP contribution >= 0.6 is 0 Å². The van der Waals surface area contributed by atoms with Crippen LogP contribution in [0.3, 0.4) is 0 Å². The molecule has 0 aliphatic rings. The van der Waals surface area contributed by atoms with Crippen molar-refractivity contribution >= 4 is 23.2 Å². The molecule has 0 aliphatic heterocycles. The molecule has 0 saturated heterocycles. The lowest BCUT2D eigenvalue weighted by atomic mass is 10.1. The zero-order chi connectivity index (χ0) is 21.8. The van der Waals surface area contributed by atoms with Gasteiger partial charge in [0.15, 0.2) is 0 Å². The molecule has 2 aromatic heterocycles. The van der Waals surface area contributed by atoms with Crippen molar-refractivity contribution in [1.29, 1.82) is 0 Å². The number of pyridine rings is 1. The minimum Gasteiger partial charge on any atom is -0.486 e. The Balaban J connectivity index is 1.52. The molecule has 4 rings (SSSR count). The number of anilines is 1. The van der Waals surface area contributed by atoms with E-state index < -0.39 is 17.7 Å². The predicted molar refractivity (Wildman–Crippen MR) is 112 cm³/mol. The summed E-state index contributed by atoms with van der Waals surface area (Å²) < 4.78 is 26.5. The van der Waals surface area contributed by atoms with Crippen LogP contribution in [0.1, 0.15) is 26.4 Å². The van der Waals surface area contributed by atoms with Crippen LogP contribution in [-0.2, 0) is 11.3 Å². The molecule has 2 heterocycles. The second-order valence-corrected chi connectivity index (χ2v) is 6.62. The van der Waals surface area contributed by atoms with Crippen molar-refractivity contribution in [3.63, 3.8) is 0 Å². The van der Waals surface area contributed by atoms with Gasteiger partial charge in [-0.15, -0.1) is 0 Å². The van der Waals surface area contributed by atoms with Crippen molar-refractivity contribution in [2.24, 2.45) is 0 Å². The van der Waals surface area contributed by atoms with Gasteiger partial charge in [0.1, 0.15) is 23.8 Å². The number of halogens is 1. The van der Waals surface area contributed by atoms with E-state index in [1.165, 1.54) is 19.2 Å². The number of carbonyl (C=O) groups is 2. The Morgan fingerprint density at radius 2 is 1.90 bits per heavy atom. The molecule has 8 heteroatoms. The van der Waals surface area contributed by atoms with Crippen LogP contribution in [0, 0.1) is 5.82 Å². The second-order valence-electron chi connectivity index (χ2n) is 6.62. The lowest BCUT2D eigenvalue weighted by Crippen LogP contribution is -2.15. The highest BCUT2D eigenvalue weighted by Gasteiger charge is 2.16. The van der Waals surface area contributed by atoms with Crippen molar-refractivity contribution in [2.45, 2.75) is 6.61 Å². The molecule has 1 N–H and O–H groups in total. The summed E-state index contributed by atoms with van der Waals surface area (Å²) in [5.74, 6) is -1.57. The Kier molecular flexibility index (Phi) is 5.61. The van der Waals surface area contributed by atoms with Crippen LogP contribution in [0.4, 0.5) is 10.1 Å². The number of esters is 1. The van der Waals surface area contributed by atoms with Gasteiger partial charge in [-0.05, 0) is 42.5 Å². The number of hydrogen-bond donors (Lipinski definition) is 1. The number of fused-ring (bicyclic) bond motifs is 1. The monoisotopic (exact) mass is 419 g/mol. The molecule has 0 saturated carbocycles. The minimum atomic E-state index is -0.677. The van der Waals surface area contributed by atoms with Gasteiger partial charge in [0.25, 0.3) is 5.91 Å². The van der Waals surface area contributed by atoms with E-state index in [0.29, 0.717) is 11.4 Å². The Labute approximate surface area is 177 Å². The van der Waals surface area contributed by atoms with Crippen molar-refractivity contribution in [3.05, 3.63) is 95.7 Å². The fourth-order valence-corrected chi connectivity index (χ4v) is 3.04. The van der Waals surface area contributed by atoms with E-state index >= 15 is 0 Å². The zero-order valence-corrected chi connectivity index (χ0v) is 16.5. The molecule has 4 aromatic rings. The molecule has 0 radical (unpaired) electrons. The van der Waals surface area contributed by atoms with E-state index in [0.717, 1.165) is 11.7 Å². The first-order chi connectivity index (χ1) is 15.0. The van der Waals surface area contributed by atoms with Gasteiger partial charge < -0.3 is 19.2 Å². The summed E-state index contributed by atoms with van der Waals surface area (Å²) >= 11 is 0. The fourth-order valence-electron chi connectivity index (χ4n) is 3.04. The van der Waals surface area contributed by atoms with Gasteiger partial charge in [0, 0.05) is 12.4 Å². The third-order valence-electron chi connectivity index (χ3n) is 4.56. The van der Waals surface area contributed by atoms with Gasteiger partial charge in [-0.2, -0.15) is 0 Å². The smallest absolute Gasteiger partial charge is 0.337 e. The van der Waals surface area contributed by atoms with E-state index in [9.17, 15) is 14.0 Å². The SMILES string of the molecule is COC(=O)c1ccc(F)c(NC(=O)c2ccccc2OCc2cn3ccccc3n2)c1. The summed E-state index contributed by atoms with van der Waals surface area (Å²) in [6, 6.07) is 15.9. The molecule has 0 atom stereocenters. The van der Waals surface area contributed by atoms with Gasteiger partial charge in [-0.25, -0.2) is 14.2 Å². The number of amides is 1. The average molecular weight is 419 g/mol. The number of nitrogens with one attached hydrogen (secondary N) is 1. The maximum atomic E-state index is 14.2. The quantitative estimate of drug-likeness (QED) is 0.476. The van der Waals surface area contributed by atoms with E-state index in [4.69, 9.17) is 4.74 Å². The first-order valence-electron chi connectivity index (χ1n) is 9.39. The molecule has 0 unspecified atom stereocenters. The van der Waals surface area contributed by atoms with Crippen LogP contribution in [0.25, 0.3) is 5.65 Å². The summed E-state index contributed by atoms with van der Waals surface area (Å²) in [5.41, 5.74) is 1.68. The van der Waals surface area contributed by atoms with E-state index in [1.54, 1.807) is 24.3 Å². The third kappa shape index (κ3) is 4.37. The molecule has 2 aromatic carbocycles. The molecule has 1 amide bonds. The van der Waals surface area contributed by atoms with Crippen molar-refractivity contribution < 1.29 is 23.5 Å². The van der Waals surface area contributed by atoms with Crippen LogP contribution in [0.2, 0.25) is 0 Å². The predicted octanol–water partition coefficient (Wildman–Crippen LogP) is 4.09. The summed E-state index contributed by atoms with van der Waals surface area (Å²) in [5, 5.41) is 2.48. The topological polar surface area (TPSA) is 81.9 Å². The van der Waals surface area contributed by atoms with Crippen LogP contribution < -0.4 is 10.1 Å². The van der Waals surface area contributed by atoms with E-state index in [-0.39, 0.29) is 23.4 Å². The number of hydrogen-bond acceptors (Lipinski definition) is 5. The first-order valence-corrected chi connectivity index (χ1v) is 9.39. The van der Waals surface area contributed by atoms with Gasteiger partial charge in [-0.3, -0.25) is 4.79 Å². The maximum absolute atomic E-state index is 14.2. The molecule has 0 bridgehead atoms. The van der Waals surface area contributed by atoms with Gasteiger partial charge in [-0.1, -0.05) is 18.2 Å². The van der Waals surface area contributed by atoms with Crippen LogP contribution in [0.5, 0.6) is 5.75 Å². The number of aromatic nitrogens is 2. The van der Waals surface area contributed by atoms with Crippen molar-refractivity contribution in [3.8, 4) is 5.75 Å². The minimum absolute atomic E-state index is 0.121. The van der Waals surface area contributed by atoms with Crippen LogP contribution in [-0.4, -0.2) is 28.4 Å². The number of imidazole rings is 1. The number of carbonyl (C=O) groups excluding carboxylic acids is 2. The fraction of sp³-hybridized carbons (Fsp3) is 0.0870. The summed E-state index contributed by atoms with van der Waals surface area (Å²) in [4.78, 5) is 28.9. The van der Waals surface area contributed by atoms with E-state index in [1.807, 2.05) is 35.0 Å². The highest BCUT2D eigenvalue weighted by Crippen LogP contribution is 2.23. The zero-order valence-electron chi connectivity index (χ0n) is 16.5. The number of methoxy groups -OCH3 is 1. The highest BCUT2D eigenvalue weighted by molar-refractivity contribution is 6.06. The molecule has 156 valence electrons. The number of nitrogens with zero attached hydrogens (tertiary/aromatic N) is 2. The largest absolute Gasteiger partial charge is 0.486 e. The molecule has 0 aliphatic carbocycles. The molecular formula is C23H18FN3O4. The van der Waals surface area contributed by atoms with Crippen LogP contribution in [0.15, 0.2) is 73.1 Å². The van der Waals surface area contributed by atoms with Crippen molar-refractivity contribution in [1.82, 2.24) is 9.38 Å². The highest BCUT2D eigenvalue weighted by atomic mass is 19.1. The number of benzene rings is 2. The average Bonchev–Trinajstić information content (AvgIpc) is 3.22. The standard InChI is InChI=1S/C23H18FN3O4/c1-30-23(29)15-9-10-18(24)19(12-15)26-22(28)17-6-2-3-7-20(17)31-14-16-13-27-11-5-4-8-21(27)25-16/h2-13H,14H2,1H3,(H,26,28). The first kappa shape index (κ1) is 20.1. The summed E-state index contributed by atoms with van der Waals surface area (Å²) in [6.45, 7) is 0.151. The van der Waals surface area contributed by atoms with Gasteiger partial charge >= 0.3 is 5.97 Å². The lowest BCUT2D eigenvalue weighted by Gasteiger charge is -2.12. The number of ether oxygens (including phenoxy) is 2. The second kappa shape index (κ2) is 8.66. The van der Waals surface area contributed by atoms with E-state index in [2.05, 4.69) is 15.0 Å². The summed E-state index contributed by atoms with van der Waals surface area (Å²) in [6.07, 6.45) is 3.72. The maximum Gasteiger partial charge on any atom is 0.337 e. The molecule has 31 heavy (non-hydrogen) atoms. The van der Waals surface area contributed by atoms with Crippen molar-refractivity contribution in [2.75, 3.05) is 12.4 Å². The normalized spacial score (nSPS) is 10.6. The third-order valence-corrected chi connectivity index (χ3v) is 4.56. The Bertz CT molecular complexity index is 1240. The molecule has 0 fully saturated rings. The molecule has 7 nitrogen and oxygen atoms in total. The Hall–Kier alpha value is -4.20. The molecule has 0 spiro atoms. The number of para-hydroxylation sites is 1. The lowest BCUT2D eigenvalue weighted by molar-refractivity contribution is 0.0600. The number of rotatable bonds is 6. The summed E-state index contributed by atoms with van der Waals surface area (Å²) in [7, 11) is 1.22. The van der Waals surface area contributed by atoms with Gasteiger partial charge in [0.05, 0.1) is 29.6 Å².